The highest BCUT2D eigenvalue weighted by molar-refractivity contribution is 6.30. The number of amidine groups is 1. The van der Waals surface area contributed by atoms with Crippen LogP contribution >= 0.6 is 11.6 Å². The molecule has 1 aromatic carbocycles. The minimum absolute atomic E-state index is 0.0610. The molecule has 0 saturated carbocycles. The summed E-state index contributed by atoms with van der Waals surface area (Å²) in [5, 5.41) is 12.2. The molecule has 2 aliphatic heterocycles. The molecule has 0 bridgehead atoms. The number of carbonyl (C=O) groups is 1. The Bertz CT molecular complexity index is 1220. The van der Waals surface area contributed by atoms with E-state index in [9.17, 15) is 23.2 Å². The second kappa shape index (κ2) is 8.18. The van der Waals surface area contributed by atoms with Gasteiger partial charge in [0.15, 0.2) is 6.10 Å². The number of amides is 1. The fourth-order valence-corrected chi connectivity index (χ4v) is 4.38. The molecule has 1 aromatic heterocycles. The van der Waals surface area contributed by atoms with Crippen molar-refractivity contribution in [1.29, 1.82) is 5.26 Å². The van der Waals surface area contributed by atoms with E-state index in [1.807, 2.05) is 6.07 Å². The molecule has 1 fully saturated rings. The van der Waals surface area contributed by atoms with Crippen molar-refractivity contribution >= 4 is 29.0 Å². The molecule has 0 radical (unpaired) electrons. The molecule has 0 spiro atoms. The SMILES string of the molecule is C[C@]1(C#N)C[C@H]2[C@H](C(F)(F)F)OC[C@@]2(c2cc(NC(=O)c3ncc(Cl)cn3)ccc2F)N=C1N. The fraction of sp³-hybridized carbons (Fsp3) is 0.381. The van der Waals surface area contributed by atoms with Crippen LogP contribution in [0.4, 0.5) is 23.2 Å². The zero-order chi connectivity index (χ0) is 24.9. The maximum absolute atomic E-state index is 15.1. The van der Waals surface area contributed by atoms with Crippen LogP contribution in [-0.2, 0) is 10.3 Å². The number of hydrogen-bond donors (Lipinski definition) is 2. The zero-order valence-corrected chi connectivity index (χ0v) is 18.3. The summed E-state index contributed by atoms with van der Waals surface area (Å²) in [5.74, 6) is -3.49. The van der Waals surface area contributed by atoms with Crippen molar-refractivity contribution in [3.63, 3.8) is 0 Å². The second-order valence-corrected chi connectivity index (χ2v) is 8.76. The van der Waals surface area contributed by atoms with E-state index in [1.54, 1.807) is 0 Å². The number of aromatic nitrogens is 2. The van der Waals surface area contributed by atoms with E-state index < -0.39 is 47.5 Å². The minimum Gasteiger partial charge on any atom is -0.386 e. The maximum Gasteiger partial charge on any atom is 0.415 e. The van der Waals surface area contributed by atoms with Crippen molar-refractivity contribution in [2.75, 3.05) is 11.9 Å². The van der Waals surface area contributed by atoms with E-state index in [-0.39, 0.29) is 34.4 Å². The molecule has 8 nitrogen and oxygen atoms in total. The van der Waals surface area contributed by atoms with Crippen LogP contribution < -0.4 is 11.1 Å². The molecule has 2 aliphatic rings. The number of nitrogens with two attached hydrogens (primary N) is 1. The number of ether oxygens (including phenoxy) is 1. The van der Waals surface area contributed by atoms with E-state index in [2.05, 4.69) is 20.3 Å². The highest BCUT2D eigenvalue weighted by Crippen LogP contribution is 2.55. The third-order valence-electron chi connectivity index (χ3n) is 6.06. The van der Waals surface area contributed by atoms with Crippen molar-refractivity contribution in [1.82, 2.24) is 9.97 Å². The molecule has 3 N–H and O–H groups in total. The molecule has 4 atom stereocenters. The molecule has 0 aliphatic carbocycles. The predicted octanol–water partition coefficient (Wildman–Crippen LogP) is 3.58. The summed E-state index contributed by atoms with van der Waals surface area (Å²) in [6.45, 7) is 0.763. The van der Waals surface area contributed by atoms with E-state index in [1.165, 1.54) is 31.5 Å². The minimum atomic E-state index is -4.78. The predicted molar refractivity (Wildman–Crippen MR) is 112 cm³/mol. The van der Waals surface area contributed by atoms with Gasteiger partial charge < -0.3 is 15.8 Å². The molecule has 2 aromatic rings. The number of anilines is 1. The molecule has 1 amide bonds. The number of nitriles is 1. The van der Waals surface area contributed by atoms with Crippen LogP contribution in [0, 0.1) is 28.5 Å². The summed E-state index contributed by atoms with van der Waals surface area (Å²) in [7, 11) is 0. The molecule has 4 rings (SSSR count). The number of rotatable bonds is 3. The van der Waals surface area contributed by atoms with Crippen molar-refractivity contribution in [3.05, 3.63) is 52.8 Å². The lowest BCUT2D eigenvalue weighted by atomic mass is 9.66. The first-order valence-electron chi connectivity index (χ1n) is 9.94. The van der Waals surface area contributed by atoms with Crippen molar-refractivity contribution in [3.8, 4) is 6.07 Å². The molecular weight excluding hydrogens is 480 g/mol. The molecule has 0 unspecified atom stereocenters. The Morgan fingerprint density at radius 1 is 1.35 bits per heavy atom. The molecular formula is C21H17ClF4N6O2. The maximum atomic E-state index is 15.1. The van der Waals surface area contributed by atoms with Gasteiger partial charge in [-0.05, 0) is 31.5 Å². The Hall–Kier alpha value is -3.30. The fourth-order valence-electron chi connectivity index (χ4n) is 4.28. The number of nitrogens with one attached hydrogen (secondary N) is 1. The number of alkyl halides is 3. The average Bonchev–Trinajstić information content (AvgIpc) is 3.14. The summed E-state index contributed by atoms with van der Waals surface area (Å²) >= 11 is 5.70. The third kappa shape index (κ3) is 3.95. The Labute approximate surface area is 195 Å². The summed E-state index contributed by atoms with van der Waals surface area (Å²) in [6.07, 6.45) is -4.99. The van der Waals surface area contributed by atoms with Gasteiger partial charge in [0.05, 0.1) is 17.7 Å². The zero-order valence-electron chi connectivity index (χ0n) is 17.5. The van der Waals surface area contributed by atoms with Crippen LogP contribution in [0.15, 0.2) is 35.6 Å². The lowest BCUT2D eigenvalue weighted by Crippen LogP contribution is -2.51. The first-order valence-corrected chi connectivity index (χ1v) is 10.3. The number of halogens is 5. The number of carbonyl (C=O) groups excluding carboxylic acids is 1. The molecule has 1 saturated heterocycles. The van der Waals surface area contributed by atoms with Gasteiger partial charge in [-0.25, -0.2) is 14.4 Å². The first kappa shape index (κ1) is 23.8. The summed E-state index contributed by atoms with van der Waals surface area (Å²) < 4.78 is 61.5. The topological polar surface area (TPSA) is 126 Å². The number of benzene rings is 1. The van der Waals surface area contributed by atoms with Gasteiger partial charge in [-0.15, -0.1) is 0 Å². The standard InChI is InChI=1S/C21H17ClF4N6O2/c1-19(8-27)5-13-15(21(24,25)26)34-9-20(13,32-18(19)28)12-4-11(2-3-14(12)23)31-17(33)16-29-6-10(22)7-30-16/h2-4,6-7,13,15H,5,9H2,1H3,(H2,28,32)(H,31,33)/t13-,15+,19+,20-/m0/s1. The van der Waals surface area contributed by atoms with Crippen molar-refractivity contribution in [2.45, 2.75) is 31.2 Å². The molecule has 3 heterocycles. The van der Waals surface area contributed by atoms with Crippen molar-refractivity contribution in [2.24, 2.45) is 22.1 Å². The van der Waals surface area contributed by atoms with Gasteiger partial charge in [-0.2, -0.15) is 18.4 Å². The van der Waals surface area contributed by atoms with Gasteiger partial charge in [-0.1, -0.05) is 11.6 Å². The Kier molecular flexibility index (Phi) is 5.73. The van der Waals surface area contributed by atoms with Gasteiger partial charge in [0.25, 0.3) is 5.91 Å². The van der Waals surface area contributed by atoms with E-state index in [4.69, 9.17) is 22.1 Å². The highest BCUT2D eigenvalue weighted by atomic mass is 35.5. The number of hydrogen-bond acceptors (Lipinski definition) is 7. The highest BCUT2D eigenvalue weighted by Gasteiger charge is 2.64. The van der Waals surface area contributed by atoms with E-state index >= 15 is 4.39 Å². The Balaban J connectivity index is 1.78. The molecule has 34 heavy (non-hydrogen) atoms. The van der Waals surface area contributed by atoms with E-state index in [0.717, 1.165) is 6.07 Å². The third-order valence-corrected chi connectivity index (χ3v) is 6.25. The largest absolute Gasteiger partial charge is 0.415 e. The van der Waals surface area contributed by atoms with Crippen LogP contribution in [0.5, 0.6) is 0 Å². The number of nitrogens with zero attached hydrogens (tertiary/aromatic N) is 4. The lowest BCUT2D eigenvalue weighted by Gasteiger charge is -2.42. The van der Waals surface area contributed by atoms with Gasteiger partial charge in [-0.3, -0.25) is 9.79 Å². The first-order chi connectivity index (χ1) is 15.9. The van der Waals surface area contributed by atoms with Crippen LogP contribution in [0.25, 0.3) is 0 Å². The van der Waals surface area contributed by atoms with Crippen LogP contribution in [0.1, 0.15) is 29.5 Å². The lowest BCUT2D eigenvalue weighted by molar-refractivity contribution is -0.218. The molecule has 13 heteroatoms. The van der Waals surface area contributed by atoms with Crippen LogP contribution in [-0.4, -0.2) is 40.6 Å². The van der Waals surface area contributed by atoms with Crippen LogP contribution in [0.2, 0.25) is 5.02 Å². The molecule has 178 valence electrons. The van der Waals surface area contributed by atoms with Gasteiger partial charge in [0, 0.05) is 29.6 Å². The normalized spacial score (nSPS) is 28.6. The number of aliphatic imine (C=N–C) groups is 1. The Morgan fingerprint density at radius 2 is 2.03 bits per heavy atom. The average molecular weight is 497 g/mol. The smallest absolute Gasteiger partial charge is 0.386 e. The number of fused-ring (bicyclic) bond motifs is 1. The van der Waals surface area contributed by atoms with Crippen molar-refractivity contribution < 1.29 is 27.1 Å². The van der Waals surface area contributed by atoms with Gasteiger partial charge in [0.2, 0.25) is 5.82 Å². The second-order valence-electron chi connectivity index (χ2n) is 8.32. The summed E-state index contributed by atoms with van der Waals surface area (Å²) in [6, 6.07) is 5.29. The van der Waals surface area contributed by atoms with Crippen LogP contribution in [0.3, 0.4) is 0 Å². The van der Waals surface area contributed by atoms with Gasteiger partial charge >= 0.3 is 6.18 Å². The summed E-state index contributed by atoms with van der Waals surface area (Å²) in [5.41, 5.74) is 2.47. The quantitative estimate of drug-likeness (QED) is 0.625. The summed E-state index contributed by atoms with van der Waals surface area (Å²) in [4.78, 5) is 24.3. The van der Waals surface area contributed by atoms with Gasteiger partial charge in [0.1, 0.15) is 22.6 Å². The monoisotopic (exact) mass is 496 g/mol. The van der Waals surface area contributed by atoms with E-state index in [0.29, 0.717) is 0 Å². The Morgan fingerprint density at radius 3 is 2.65 bits per heavy atom.